The highest BCUT2D eigenvalue weighted by atomic mass is 32.2. The highest BCUT2D eigenvalue weighted by Gasteiger charge is 2.27. The largest absolute Gasteiger partial charge is 0.332 e. The molecule has 1 aliphatic rings. The van der Waals surface area contributed by atoms with E-state index in [2.05, 4.69) is 10.3 Å². The Morgan fingerprint density at radius 3 is 2.70 bits per heavy atom. The van der Waals surface area contributed by atoms with Crippen molar-refractivity contribution in [2.45, 2.75) is 12.2 Å². The van der Waals surface area contributed by atoms with Gasteiger partial charge in [0.2, 0.25) is 0 Å². The standard InChI is InChI=1S/C17H16FN3OS/c1-12-11-19-17(23-12)21(15-9-5-6-13(18)10-15)16(22)20-14-7-3-2-4-8-14/h2-10,12H,11H2,1H3,(H,20,22)/t12-/m1/s1. The molecule has 0 fully saturated rings. The lowest BCUT2D eigenvalue weighted by Crippen LogP contribution is -2.38. The maximum Gasteiger partial charge on any atom is 0.332 e. The summed E-state index contributed by atoms with van der Waals surface area (Å²) in [6, 6.07) is 14.7. The van der Waals surface area contributed by atoms with Gasteiger partial charge < -0.3 is 5.32 Å². The number of nitrogens with one attached hydrogen (secondary N) is 1. The molecule has 1 N–H and O–H groups in total. The third kappa shape index (κ3) is 3.71. The second-order valence-corrected chi connectivity index (χ2v) is 6.57. The lowest BCUT2D eigenvalue weighted by molar-refractivity contribution is 0.259. The molecule has 6 heteroatoms. The first-order valence-electron chi connectivity index (χ1n) is 7.26. The number of carbonyl (C=O) groups excluding carboxylic acids is 1. The van der Waals surface area contributed by atoms with E-state index in [0.717, 1.165) is 0 Å². The molecule has 0 aromatic heterocycles. The SMILES string of the molecule is C[C@@H]1CN=C(N(C(=O)Nc2ccccc2)c2cccc(F)c2)S1. The first kappa shape index (κ1) is 15.6. The van der Waals surface area contributed by atoms with Crippen molar-refractivity contribution in [1.82, 2.24) is 0 Å². The molecule has 2 aromatic carbocycles. The first-order valence-corrected chi connectivity index (χ1v) is 8.14. The van der Waals surface area contributed by atoms with E-state index in [9.17, 15) is 9.18 Å². The van der Waals surface area contributed by atoms with Crippen LogP contribution in [0.15, 0.2) is 59.6 Å². The Morgan fingerprint density at radius 2 is 2.04 bits per heavy atom. The van der Waals surface area contributed by atoms with Gasteiger partial charge in [-0.15, -0.1) is 0 Å². The van der Waals surface area contributed by atoms with Gasteiger partial charge in [-0.2, -0.15) is 0 Å². The third-order valence-electron chi connectivity index (χ3n) is 3.28. The molecular formula is C17H16FN3OS. The van der Waals surface area contributed by atoms with Crippen LogP contribution in [0, 0.1) is 5.82 Å². The Hall–Kier alpha value is -2.34. The molecule has 0 bridgehead atoms. The average molecular weight is 329 g/mol. The van der Waals surface area contributed by atoms with Crippen LogP contribution in [0.25, 0.3) is 0 Å². The molecule has 1 heterocycles. The number of hydrogen-bond donors (Lipinski definition) is 1. The Kier molecular flexibility index (Phi) is 4.62. The monoisotopic (exact) mass is 329 g/mol. The Bertz CT molecular complexity index is 736. The smallest absolute Gasteiger partial charge is 0.307 e. The maximum absolute atomic E-state index is 13.6. The summed E-state index contributed by atoms with van der Waals surface area (Å²) in [6.07, 6.45) is 0. The van der Waals surface area contributed by atoms with Crippen LogP contribution in [0.1, 0.15) is 6.92 Å². The molecule has 2 aromatic rings. The van der Waals surface area contributed by atoms with Crippen LogP contribution in [0.2, 0.25) is 0 Å². The number of nitrogens with zero attached hydrogens (tertiary/aromatic N) is 2. The molecule has 1 atom stereocenters. The number of urea groups is 1. The zero-order chi connectivity index (χ0) is 16.2. The summed E-state index contributed by atoms with van der Waals surface area (Å²) in [7, 11) is 0. The zero-order valence-corrected chi connectivity index (χ0v) is 13.4. The normalized spacial score (nSPS) is 16.8. The Balaban J connectivity index is 1.90. The number of thioether (sulfide) groups is 1. The van der Waals surface area contributed by atoms with Crippen molar-refractivity contribution in [1.29, 1.82) is 0 Å². The van der Waals surface area contributed by atoms with Gasteiger partial charge in [-0.1, -0.05) is 43.0 Å². The first-order chi connectivity index (χ1) is 11.1. The second-order valence-electron chi connectivity index (χ2n) is 5.16. The van der Waals surface area contributed by atoms with Crippen LogP contribution < -0.4 is 10.2 Å². The summed E-state index contributed by atoms with van der Waals surface area (Å²) in [4.78, 5) is 18.5. The Labute approximate surface area is 138 Å². The van der Waals surface area contributed by atoms with E-state index >= 15 is 0 Å². The van der Waals surface area contributed by atoms with Gasteiger partial charge >= 0.3 is 6.03 Å². The summed E-state index contributed by atoms with van der Waals surface area (Å²) in [6.45, 7) is 2.68. The molecule has 2 amide bonds. The predicted octanol–water partition coefficient (Wildman–Crippen LogP) is 4.36. The molecule has 23 heavy (non-hydrogen) atoms. The van der Waals surface area contributed by atoms with Crippen molar-refractivity contribution in [3.05, 3.63) is 60.4 Å². The van der Waals surface area contributed by atoms with Gasteiger partial charge in [-0.25, -0.2) is 14.1 Å². The molecule has 0 saturated heterocycles. The lowest BCUT2D eigenvalue weighted by Gasteiger charge is -2.22. The van der Waals surface area contributed by atoms with Crippen LogP contribution in [0.4, 0.5) is 20.6 Å². The number of aliphatic imine (C=N–C) groups is 1. The second kappa shape index (κ2) is 6.83. The van der Waals surface area contributed by atoms with Crippen LogP contribution >= 0.6 is 11.8 Å². The van der Waals surface area contributed by atoms with Crippen LogP contribution in [0.3, 0.4) is 0 Å². The quantitative estimate of drug-likeness (QED) is 0.890. The summed E-state index contributed by atoms with van der Waals surface area (Å²) in [5.74, 6) is -0.392. The molecule has 0 aliphatic carbocycles. The number of anilines is 2. The van der Waals surface area contributed by atoms with E-state index in [4.69, 9.17) is 0 Å². The minimum absolute atomic E-state index is 0.297. The van der Waals surface area contributed by atoms with E-state index < -0.39 is 5.82 Å². The number of rotatable bonds is 2. The van der Waals surface area contributed by atoms with E-state index in [0.29, 0.717) is 28.3 Å². The topological polar surface area (TPSA) is 44.7 Å². The highest BCUT2D eigenvalue weighted by Crippen LogP contribution is 2.28. The van der Waals surface area contributed by atoms with Crippen molar-refractivity contribution in [2.24, 2.45) is 4.99 Å². The van der Waals surface area contributed by atoms with E-state index in [1.54, 1.807) is 24.3 Å². The molecule has 1 aliphatic heterocycles. The minimum atomic E-state index is -0.392. The van der Waals surface area contributed by atoms with Crippen LogP contribution in [-0.2, 0) is 0 Å². The van der Waals surface area contributed by atoms with E-state index in [1.165, 1.54) is 28.8 Å². The minimum Gasteiger partial charge on any atom is -0.307 e. The van der Waals surface area contributed by atoms with Gasteiger partial charge in [0.1, 0.15) is 5.82 Å². The van der Waals surface area contributed by atoms with Crippen molar-refractivity contribution in [3.63, 3.8) is 0 Å². The fourth-order valence-corrected chi connectivity index (χ4v) is 3.17. The van der Waals surface area contributed by atoms with Crippen molar-refractivity contribution < 1.29 is 9.18 Å². The maximum atomic E-state index is 13.6. The molecular weight excluding hydrogens is 313 g/mol. The number of benzene rings is 2. The van der Waals surface area contributed by atoms with E-state index in [-0.39, 0.29) is 6.03 Å². The summed E-state index contributed by atoms with van der Waals surface area (Å²) in [5.41, 5.74) is 1.13. The van der Waals surface area contributed by atoms with Gasteiger partial charge in [0.25, 0.3) is 0 Å². The van der Waals surface area contributed by atoms with Crippen molar-refractivity contribution in [2.75, 3.05) is 16.8 Å². The summed E-state index contributed by atoms with van der Waals surface area (Å²) in [5, 5.41) is 3.70. The average Bonchev–Trinajstić information content (AvgIpc) is 2.94. The number of halogens is 1. The fraction of sp³-hybridized carbons (Fsp3) is 0.176. The molecule has 0 saturated carbocycles. The molecule has 3 rings (SSSR count). The van der Waals surface area contributed by atoms with Gasteiger partial charge in [0.15, 0.2) is 5.17 Å². The number of para-hydroxylation sites is 1. The van der Waals surface area contributed by atoms with Gasteiger partial charge in [0, 0.05) is 10.9 Å². The third-order valence-corrected chi connectivity index (χ3v) is 4.35. The number of hydrogen-bond acceptors (Lipinski definition) is 3. The van der Waals surface area contributed by atoms with Gasteiger partial charge in [0.05, 0.1) is 12.2 Å². The van der Waals surface area contributed by atoms with Gasteiger partial charge in [-0.3, -0.25) is 4.99 Å². The van der Waals surface area contributed by atoms with Gasteiger partial charge in [-0.05, 0) is 30.3 Å². The molecule has 0 spiro atoms. The van der Waals surface area contributed by atoms with Crippen LogP contribution in [0.5, 0.6) is 0 Å². The number of amidine groups is 1. The lowest BCUT2D eigenvalue weighted by atomic mass is 10.3. The van der Waals surface area contributed by atoms with Crippen molar-refractivity contribution in [3.8, 4) is 0 Å². The molecule has 0 unspecified atom stereocenters. The summed E-state index contributed by atoms with van der Waals surface area (Å²) >= 11 is 1.51. The highest BCUT2D eigenvalue weighted by molar-refractivity contribution is 8.15. The molecule has 0 radical (unpaired) electrons. The fourth-order valence-electron chi connectivity index (χ4n) is 2.22. The Morgan fingerprint density at radius 1 is 1.26 bits per heavy atom. The number of amides is 2. The molecule has 4 nitrogen and oxygen atoms in total. The van der Waals surface area contributed by atoms with E-state index in [1.807, 2.05) is 25.1 Å². The van der Waals surface area contributed by atoms with Crippen molar-refractivity contribution >= 4 is 34.3 Å². The number of carbonyl (C=O) groups is 1. The predicted molar refractivity (Wildman–Crippen MR) is 93.7 cm³/mol. The summed E-state index contributed by atoms with van der Waals surface area (Å²) < 4.78 is 13.6. The molecule has 118 valence electrons. The van der Waals surface area contributed by atoms with Crippen LogP contribution in [-0.4, -0.2) is 23.0 Å². The zero-order valence-electron chi connectivity index (χ0n) is 12.6.